The van der Waals surface area contributed by atoms with E-state index in [4.69, 9.17) is 47.7 Å². The molecular weight excluding hydrogens is 636 g/mol. The highest BCUT2D eigenvalue weighted by Gasteiger charge is 2.62. The summed E-state index contributed by atoms with van der Waals surface area (Å²) < 4.78 is 67.4. The monoisotopic (exact) mass is 664 g/mol. The second-order valence-corrected chi connectivity index (χ2v) is 13.6. The third-order valence-corrected chi connectivity index (χ3v) is 9.21. The Morgan fingerprint density at radius 1 is 1.28 bits per heavy atom. The molecule has 234 valence electrons. The van der Waals surface area contributed by atoms with Crippen LogP contribution in [0.4, 0.5) is 19.0 Å². The Hall–Kier alpha value is -2.78. The smallest absolute Gasteiger partial charge is 0.351 e. The number of aromatic nitrogens is 2. The summed E-state index contributed by atoms with van der Waals surface area (Å²) in [6, 6.07) is 11.1. The number of halogens is 4. The van der Waals surface area contributed by atoms with Crippen LogP contribution in [0, 0.1) is 0 Å². The molecule has 1 aliphatic rings. The SMILES string of the molecule is CC(C)OC(=O)C(C)NP(=S)(OCC1(C(F)F)OC(n2cc(Cl)c(N)nc2=O)C(O)C1F)Oc1ccc2ccccc2c1. The number of fused-ring (bicyclic) bond motifs is 1. The first kappa shape index (κ1) is 33.1. The zero-order valence-electron chi connectivity index (χ0n) is 23.0. The number of hydrogen-bond donors (Lipinski definition) is 3. The van der Waals surface area contributed by atoms with E-state index < -0.39 is 67.6 Å². The van der Waals surface area contributed by atoms with Crippen molar-refractivity contribution in [2.45, 2.75) is 63.4 Å². The van der Waals surface area contributed by atoms with Gasteiger partial charge in [-0.05, 0) is 55.5 Å². The molecule has 6 unspecified atom stereocenters. The fourth-order valence-electron chi connectivity index (χ4n) is 4.27. The van der Waals surface area contributed by atoms with Gasteiger partial charge in [-0.25, -0.2) is 23.1 Å². The van der Waals surface area contributed by atoms with E-state index in [1.54, 1.807) is 44.2 Å². The number of aliphatic hydroxyl groups is 1. The molecule has 4 N–H and O–H groups in total. The Morgan fingerprint density at radius 2 is 1.95 bits per heavy atom. The Balaban J connectivity index is 1.66. The van der Waals surface area contributed by atoms with E-state index in [1.807, 2.05) is 12.1 Å². The van der Waals surface area contributed by atoms with Gasteiger partial charge in [0.25, 0.3) is 6.43 Å². The molecule has 0 aliphatic carbocycles. The number of nitrogens with two attached hydrogens (primary N) is 1. The maximum absolute atomic E-state index is 15.6. The molecule has 0 spiro atoms. The van der Waals surface area contributed by atoms with Crippen LogP contribution in [-0.4, -0.2) is 63.7 Å². The van der Waals surface area contributed by atoms with Crippen molar-refractivity contribution in [3.05, 3.63) is 64.2 Å². The number of anilines is 1. The predicted octanol–water partition coefficient (Wildman–Crippen LogP) is 4.11. The molecule has 17 heteroatoms. The summed E-state index contributed by atoms with van der Waals surface area (Å²) >= 11 is 11.5. The summed E-state index contributed by atoms with van der Waals surface area (Å²) in [6.07, 6.45) is -10.2. The Kier molecular flexibility index (Phi) is 10.1. The highest BCUT2D eigenvalue weighted by Crippen LogP contribution is 2.50. The summed E-state index contributed by atoms with van der Waals surface area (Å²) in [5, 5.41) is 14.6. The predicted molar refractivity (Wildman–Crippen MR) is 156 cm³/mol. The molecule has 2 heterocycles. The summed E-state index contributed by atoms with van der Waals surface area (Å²) in [4.78, 5) is 28.4. The number of aliphatic hydroxyl groups excluding tert-OH is 1. The number of nitrogen functional groups attached to an aromatic ring is 1. The largest absolute Gasteiger partial charge is 0.462 e. The van der Waals surface area contributed by atoms with Crippen molar-refractivity contribution in [2.75, 3.05) is 12.3 Å². The van der Waals surface area contributed by atoms with Crippen LogP contribution >= 0.6 is 18.2 Å². The van der Waals surface area contributed by atoms with Gasteiger partial charge in [-0.1, -0.05) is 41.9 Å². The van der Waals surface area contributed by atoms with E-state index in [-0.39, 0.29) is 16.6 Å². The summed E-state index contributed by atoms with van der Waals surface area (Å²) in [6.45, 7) is -0.565. The van der Waals surface area contributed by atoms with Gasteiger partial charge in [0.15, 0.2) is 18.0 Å². The van der Waals surface area contributed by atoms with Gasteiger partial charge in [-0.2, -0.15) is 4.98 Å². The van der Waals surface area contributed by atoms with Crippen LogP contribution in [0.3, 0.4) is 0 Å². The van der Waals surface area contributed by atoms with Gasteiger partial charge in [0, 0.05) is 6.20 Å². The number of carbonyl (C=O) groups excluding carboxylic acids is 1. The average molecular weight is 665 g/mol. The van der Waals surface area contributed by atoms with E-state index in [0.29, 0.717) is 4.57 Å². The number of esters is 1. The van der Waals surface area contributed by atoms with Gasteiger partial charge in [0.1, 0.15) is 23.7 Å². The van der Waals surface area contributed by atoms with Crippen molar-refractivity contribution in [3.8, 4) is 5.75 Å². The number of carbonyl (C=O) groups is 1. The number of benzene rings is 2. The summed E-state index contributed by atoms with van der Waals surface area (Å²) in [5.41, 5.74) is 1.23. The minimum Gasteiger partial charge on any atom is -0.462 e. The van der Waals surface area contributed by atoms with Crippen LogP contribution in [0.5, 0.6) is 5.75 Å². The van der Waals surface area contributed by atoms with E-state index in [9.17, 15) is 23.5 Å². The lowest BCUT2D eigenvalue weighted by atomic mass is 9.98. The minimum atomic E-state index is -3.97. The molecule has 4 rings (SSSR count). The first-order valence-corrected chi connectivity index (χ1v) is 15.9. The van der Waals surface area contributed by atoms with E-state index >= 15 is 4.39 Å². The second-order valence-electron chi connectivity index (χ2n) is 10.0. The van der Waals surface area contributed by atoms with Crippen molar-refractivity contribution < 1.29 is 41.6 Å². The van der Waals surface area contributed by atoms with E-state index in [2.05, 4.69) is 10.1 Å². The van der Waals surface area contributed by atoms with Crippen LogP contribution in [0.15, 0.2) is 53.5 Å². The highest BCUT2D eigenvalue weighted by atomic mass is 35.5. The van der Waals surface area contributed by atoms with Crippen molar-refractivity contribution in [2.24, 2.45) is 0 Å². The molecule has 0 bridgehead atoms. The maximum Gasteiger partial charge on any atom is 0.351 e. The molecule has 0 amide bonds. The van der Waals surface area contributed by atoms with Crippen LogP contribution in [0.25, 0.3) is 10.8 Å². The van der Waals surface area contributed by atoms with Gasteiger partial charge < -0.3 is 29.4 Å². The molecule has 2 aromatic carbocycles. The molecule has 0 saturated carbocycles. The van der Waals surface area contributed by atoms with Crippen LogP contribution < -0.4 is 21.0 Å². The molecule has 6 atom stereocenters. The Morgan fingerprint density at radius 3 is 2.60 bits per heavy atom. The molecule has 11 nitrogen and oxygen atoms in total. The zero-order chi connectivity index (χ0) is 31.7. The first-order chi connectivity index (χ1) is 20.2. The fraction of sp³-hybridized carbons (Fsp3) is 0.423. The summed E-state index contributed by atoms with van der Waals surface area (Å²) in [5.74, 6) is -0.929. The standard InChI is InChI=1S/C26H29ClF3N4O7PS/c1-13(2)39-23(36)14(3)33-42(43,41-17-9-8-15-6-4-5-7-16(15)10-17)38-12-26(24(29)30)20(28)19(35)22(40-26)34-11-18(27)21(31)32-25(34)37/h4-11,13-14,19-20,22,24,35H,12H2,1-3H3,(H,33,43)(H2,31,32,37). The number of rotatable bonds is 11. The fourth-order valence-corrected chi connectivity index (χ4v) is 6.83. The molecular formula is C26H29ClF3N4O7PS. The molecule has 1 aromatic heterocycles. The third kappa shape index (κ3) is 7.14. The lowest BCUT2D eigenvalue weighted by molar-refractivity contribution is -0.182. The zero-order valence-corrected chi connectivity index (χ0v) is 25.5. The quantitative estimate of drug-likeness (QED) is 0.201. The van der Waals surface area contributed by atoms with Crippen LogP contribution in [-0.2, 0) is 30.6 Å². The normalized spacial score (nSPS) is 24.3. The first-order valence-electron chi connectivity index (χ1n) is 12.9. The second kappa shape index (κ2) is 13.1. The topological polar surface area (TPSA) is 147 Å². The number of hydrogen-bond acceptors (Lipinski definition) is 10. The molecule has 0 radical (unpaired) electrons. The van der Waals surface area contributed by atoms with Crippen LogP contribution in [0.1, 0.15) is 27.0 Å². The number of ether oxygens (including phenoxy) is 2. The lowest BCUT2D eigenvalue weighted by Gasteiger charge is -2.33. The average Bonchev–Trinajstić information content (AvgIpc) is 3.19. The molecule has 1 aliphatic heterocycles. The van der Waals surface area contributed by atoms with Gasteiger partial charge in [0.05, 0.1) is 17.7 Å². The van der Waals surface area contributed by atoms with Gasteiger partial charge in [-0.15, -0.1) is 0 Å². The summed E-state index contributed by atoms with van der Waals surface area (Å²) in [7, 11) is 0. The highest BCUT2D eigenvalue weighted by molar-refractivity contribution is 8.09. The maximum atomic E-state index is 15.6. The van der Waals surface area contributed by atoms with Crippen molar-refractivity contribution in [1.29, 1.82) is 0 Å². The molecule has 1 fully saturated rings. The molecule has 3 aromatic rings. The molecule has 43 heavy (non-hydrogen) atoms. The van der Waals surface area contributed by atoms with Crippen molar-refractivity contribution in [1.82, 2.24) is 14.6 Å². The van der Waals surface area contributed by atoms with Gasteiger partial charge in [0.2, 0.25) is 0 Å². The number of nitrogens with zero attached hydrogens (tertiary/aromatic N) is 2. The van der Waals surface area contributed by atoms with Crippen molar-refractivity contribution in [3.63, 3.8) is 0 Å². The third-order valence-electron chi connectivity index (χ3n) is 6.44. The number of nitrogens with one attached hydrogen (secondary N) is 1. The number of alkyl halides is 3. The van der Waals surface area contributed by atoms with Crippen LogP contribution in [0.2, 0.25) is 5.02 Å². The minimum absolute atomic E-state index is 0.168. The van der Waals surface area contributed by atoms with Gasteiger partial charge >= 0.3 is 18.3 Å². The lowest BCUT2D eigenvalue weighted by Crippen LogP contribution is -2.51. The van der Waals surface area contributed by atoms with Crippen molar-refractivity contribution >= 4 is 52.6 Å². The van der Waals surface area contributed by atoms with E-state index in [1.165, 1.54) is 6.92 Å². The van der Waals surface area contributed by atoms with Gasteiger partial charge in [-0.3, -0.25) is 9.36 Å². The van der Waals surface area contributed by atoms with E-state index in [0.717, 1.165) is 17.0 Å². The Labute approximate surface area is 254 Å². The molecule has 1 saturated heterocycles. The Bertz CT molecular complexity index is 1600.